The van der Waals surface area contributed by atoms with Gasteiger partial charge in [0.2, 0.25) is 0 Å². The van der Waals surface area contributed by atoms with Gasteiger partial charge in [-0.1, -0.05) is 132 Å². The molecule has 0 aliphatic heterocycles. The normalized spacial score (nSPS) is 16.9. The Morgan fingerprint density at radius 3 is 1.42 bits per heavy atom. The van der Waals surface area contributed by atoms with Crippen molar-refractivity contribution in [2.45, 2.75) is 162 Å². The van der Waals surface area contributed by atoms with Gasteiger partial charge < -0.3 is 9.80 Å². The predicted molar refractivity (Wildman–Crippen MR) is 316 cm³/mol. The van der Waals surface area contributed by atoms with Gasteiger partial charge in [0.15, 0.2) is 0 Å². The smallest absolute Gasteiger partial charge is 0.113 e. The molecule has 0 unspecified atom stereocenters. The summed E-state index contributed by atoms with van der Waals surface area (Å²) < 4.78 is 1.30. The van der Waals surface area contributed by atoms with E-state index in [1.54, 1.807) is 0 Å². The molecule has 7 aromatic rings. The molecule has 0 bridgehead atoms. The Morgan fingerprint density at radius 2 is 0.887 bits per heavy atom. The molecule has 0 saturated heterocycles. The molecule has 2 nitrogen and oxygen atoms in total. The van der Waals surface area contributed by atoms with Crippen molar-refractivity contribution in [3.8, 4) is 11.1 Å². The monoisotopic (exact) mass is 941 g/mol. The van der Waals surface area contributed by atoms with Crippen molar-refractivity contribution in [3.05, 3.63) is 135 Å². The summed E-state index contributed by atoms with van der Waals surface area (Å²) in [6.07, 6.45) is 4.53. The maximum Gasteiger partial charge on any atom is 0.113 e. The van der Waals surface area contributed by atoms with Crippen LogP contribution in [0.3, 0.4) is 0 Å². The zero-order valence-corrected chi connectivity index (χ0v) is 46.1. The van der Waals surface area contributed by atoms with E-state index in [0.29, 0.717) is 16.5 Å². The molecule has 8 heteroatoms. The molecule has 0 amide bonds. The number of aryl methyl sites for hydroxylation is 1. The van der Waals surface area contributed by atoms with Crippen LogP contribution in [0.2, 0.25) is 0 Å². The first-order valence-electron chi connectivity index (χ1n) is 25.6. The van der Waals surface area contributed by atoms with Crippen LogP contribution in [0.4, 0.5) is 34.1 Å². The first-order chi connectivity index (χ1) is 32.9. The van der Waals surface area contributed by atoms with Crippen LogP contribution < -0.4 is 37.1 Å². The van der Waals surface area contributed by atoms with E-state index in [2.05, 4.69) is 210 Å². The fourth-order valence-corrected chi connectivity index (χ4v) is 12.4. The topological polar surface area (TPSA) is 6.48 Å². The van der Waals surface area contributed by atoms with Crippen molar-refractivity contribution in [2.75, 3.05) is 9.80 Å². The number of fused-ring (bicyclic) bond motifs is 3. The molecule has 2 aliphatic carbocycles. The molecule has 0 N–H and O–H groups in total. The number of thiophene rings is 1. The van der Waals surface area contributed by atoms with Crippen molar-refractivity contribution in [1.29, 1.82) is 0 Å². The SMILES string of the molecule is [B]c1c([B])c([B])c(-c2cc(C(C)(C)C)ccc2N(c2cc(C)cc(N(c3ccc(C(C)(C)C)cc3)c3csc4cc5c(cc34)C(C)(C)CCC5(C)C)c2)c2ccc3c(c2)C(C)(C)CCC3(C)C)c([B])c1[B]. The number of anilines is 6. The standard InChI is InChI=1S/C63H69B5N2S/c1-36-28-41(69(39-19-16-37(17-20-39)58(2,3)4)50-35-71-51-34-48-47(33-43(50)51)62(12,13)26-27-63(48,14)15)31-42(29-36)70(40-21-22-45-46(32-40)61(10,11)25-24-60(45,8)9)49-23-18-38(59(5,6)7)30-44(49)52-53(64)55(66)57(68)56(67)54(52)65/h16-23,28-35H,24-27H2,1-15H3. The van der Waals surface area contributed by atoms with Gasteiger partial charge >= 0.3 is 0 Å². The number of hydrogen-bond acceptors (Lipinski definition) is 3. The van der Waals surface area contributed by atoms with E-state index in [9.17, 15) is 0 Å². The van der Waals surface area contributed by atoms with Crippen LogP contribution in [0.5, 0.6) is 0 Å². The summed E-state index contributed by atoms with van der Waals surface area (Å²) in [5, 5.41) is 3.63. The summed E-state index contributed by atoms with van der Waals surface area (Å²) in [4.78, 5) is 4.87. The molecule has 6 aromatic carbocycles. The quantitative estimate of drug-likeness (QED) is 0.147. The van der Waals surface area contributed by atoms with Crippen LogP contribution in [0, 0.1) is 6.92 Å². The lowest BCUT2D eigenvalue weighted by Crippen LogP contribution is -2.55. The minimum absolute atomic E-state index is 0.00160. The largest absolute Gasteiger partial charge is 0.310 e. The maximum absolute atomic E-state index is 7.05. The molecule has 0 saturated carbocycles. The van der Waals surface area contributed by atoms with Crippen LogP contribution >= 0.6 is 11.3 Å². The molecule has 0 fully saturated rings. The van der Waals surface area contributed by atoms with Gasteiger partial charge in [-0.2, -0.15) is 0 Å². The van der Waals surface area contributed by atoms with Crippen LogP contribution in [0.15, 0.2) is 96.4 Å². The summed E-state index contributed by atoms with van der Waals surface area (Å²) >= 11 is 1.84. The third-order valence-electron chi connectivity index (χ3n) is 16.5. The van der Waals surface area contributed by atoms with Gasteiger partial charge in [0, 0.05) is 43.8 Å². The minimum Gasteiger partial charge on any atom is -0.310 e. The first kappa shape index (κ1) is 51.1. The second-order valence-electron chi connectivity index (χ2n) is 25.7. The fourth-order valence-electron chi connectivity index (χ4n) is 11.5. The zero-order chi connectivity index (χ0) is 51.7. The summed E-state index contributed by atoms with van der Waals surface area (Å²) in [5.41, 5.74) is 18.0. The van der Waals surface area contributed by atoms with Gasteiger partial charge in [0.1, 0.15) is 39.2 Å². The molecular weight excluding hydrogens is 871 g/mol. The lowest BCUT2D eigenvalue weighted by molar-refractivity contribution is 0.332. The van der Waals surface area contributed by atoms with Gasteiger partial charge in [-0.3, -0.25) is 0 Å². The number of rotatable bonds is 7. The lowest BCUT2D eigenvalue weighted by Gasteiger charge is -2.42. The van der Waals surface area contributed by atoms with E-state index >= 15 is 0 Å². The van der Waals surface area contributed by atoms with Crippen LogP contribution in [0.25, 0.3) is 21.2 Å². The van der Waals surface area contributed by atoms with Crippen molar-refractivity contribution < 1.29 is 0 Å². The molecule has 2 aliphatic rings. The maximum atomic E-state index is 7.05. The third-order valence-corrected chi connectivity index (χ3v) is 17.4. The Hall–Kier alpha value is -4.80. The van der Waals surface area contributed by atoms with Crippen molar-refractivity contribution >= 4 is 122 Å². The summed E-state index contributed by atoms with van der Waals surface area (Å²) in [6, 6.07) is 35.0. The molecule has 0 atom stereocenters. The van der Waals surface area contributed by atoms with E-state index in [1.807, 2.05) is 11.3 Å². The highest BCUT2D eigenvalue weighted by atomic mass is 32.1. The minimum atomic E-state index is -0.207. The van der Waals surface area contributed by atoms with Gasteiger partial charge in [-0.15, -0.1) is 27.7 Å². The summed E-state index contributed by atoms with van der Waals surface area (Å²) in [6.45, 7) is 34.9. The second-order valence-corrected chi connectivity index (χ2v) is 26.6. The van der Waals surface area contributed by atoms with E-state index in [-0.39, 0.29) is 48.9 Å². The Kier molecular flexibility index (Phi) is 12.5. The highest BCUT2D eigenvalue weighted by Gasteiger charge is 2.40. The predicted octanol–water partition coefficient (Wildman–Crippen LogP) is 13.1. The van der Waals surface area contributed by atoms with Crippen LogP contribution in [-0.4, -0.2) is 39.2 Å². The molecule has 0 spiro atoms. The Balaban J connectivity index is 1.36. The molecular formula is C63H69B5N2S. The molecule has 9 rings (SSSR count). The number of benzene rings is 6. The fraction of sp³-hybridized carbons (Fsp3) is 0.397. The third kappa shape index (κ3) is 8.99. The van der Waals surface area contributed by atoms with Gasteiger partial charge in [0.25, 0.3) is 0 Å². The highest BCUT2D eigenvalue weighted by Crippen LogP contribution is 2.53. The molecule has 352 valence electrons. The van der Waals surface area contributed by atoms with Crippen molar-refractivity contribution in [1.82, 2.24) is 0 Å². The van der Waals surface area contributed by atoms with Gasteiger partial charge in [0.05, 0.1) is 11.4 Å². The van der Waals surface area contributed by atoms with Crippen LogP contribution in [-0.2, 0) is 32.5 Å². The number of hydrogen-bond donors (Lipinski definition) is 0. The average molecular weight is 940 g/mol. The van der Waals surface area contributed by atoms with E-state index in [1.165, 1.54) is 50.0 Å². The Bertz CT molecular complexity index is 3220. The molecule has 71 heavy (non-hydrogen) atoms. The van der Waals surface area contributed by atoms with E-state index < -0.39 is 0 Å². The number of nitrogens with zero attached hydrogens (tertiary/aromatic N) is 2. The summed E-state index contributed by atoms with van der Waals surface area (Å²) in [5.74, 6) is 0. The van der Waals surface area contributed by atoms with Crippen molar-refractivity contribution in [3.63, 3.8) is 0 Å². The highest BCUT2D eigenvalue weighted by molar-refractivity contribution is 7.17. The van der Waals surface area contributed by atoms with Crippen molar-refractivity contribution in [2.24, 2.45) is 0 Å². The molecule has 1 heterocycles. The average Bonchev–Trinajstić information content (AvgIpc) is 3.70. The Labute approximate surface area is 437 Å². The second kappa shape index (κ2) is 17.4. The molecule has 1 aromatic heterocycles. The Morgan fingerprint density at radius 1 is 0.437 bits per heavy atom. The lowest BCUT2D eigenvalue weighted by atomic mass is 9.59. The first-order valence-corrected chi connectivity index (χ1v) is 26.5. The van der Waals surface area contributed by atoms with Gasteiger partial charge in [-0.05, 0) is 176 Å². The molecule has 10 radical (unpaired) electrons. The summed E-state index contributed by atoms with van der Waals surface area (Å²) in [7, 11) is 34.0. The van der Waals surface area contributed by atoms with E-state index in [0.717, 1.165) is 64.4 Å². The van der Waals surface area contributed by atoms with E-state index in [4.69, 9.17) is 39.2 Å². The van der Waals surface area contributed by atoms with Gasteiger partial charge in [-0.25, -0.2) is 0 Å². The zero-order valence-electron chi connectivity index (χ0n) is 45.3. The van der Waals surface area contributed by atoms with Crippen LogP contribution in [0.1, 0.15) is 162 Å².